The first-order valence-corrected chi connectivity index (χ1v) is 3.99. The van der Waals surface area contributed by atoms with Crippen LogP contribution in [0.25, 0.3) is 0 Å². The molecule has 0 bridgehead atoms. The molecule has 2 heteroatoms. The molecule has 1 atom stereocenters. The maximum Gasteiger partial charge on any atom is 0.254 e. The molecule has 0 aromatic rings. The van der Waals surface area contributed by atoms with E-state index < -0.39 is 9.13 Å². The number of rotatable bonds is 2. The van der Waals surface area contributed by atoms with E-state index in [2.05, 4.69) is 6.58 Å². The van der Waals surface area contributed by atoms with Crippen molar-refractivity contribution in [3.63, 3.8) is 0 Å². The lowest BCUT2D eigenvalue weighted by molar-refractivity contribution is 0.839. The molecule has 0 aromatic heterocycles. The molecule has 1 unspecified atom stereocenters. The third-order valence-corrected chi connectivity index (χ3v) is 1.94. The molecule has 6 heavy (non-hydrogen) atoms. The van der Waals surface area contributed by atoms with Crippen molar-refractivity contribution in [1.82, 2.24) is 0 Å². The van der Waals surface area contributed by atoms with Gasteiger partial charge >= 0.3 is 0 Å². The third kappa shape index (κ3) is 2.14. The van der Waals surface area contributed by atoms with Crippen LogP contribution in [-0.4, -0.2) is 9.13 Å². The number of halogens is 1. The highest BCUT2D eigenvalue weighted by Gasteiger charge is 1.94. The molecule has 0 saturated heterocycles. The lowest BCUT2D eigenvalue weighted by Crippen LogP contribution is -1.94. The highest BCUT2D eigenvalue weighted by molar-refractivity contribution is 6.56. The van der Waals surface area contributed by atoms with E-state index >= 15 is 0 Å². The summed E-state index contributed by atoms with van der Waals surface area (Å²) in [7, 11) is -1.90. The van der Waals surface area contributed by atoms with E-state index in [1.807, 2.05) is 6.92 Å². The van der Waals surface area contributed by atoms with Crippen LogP contribution in [0.4, 0.5) is 4.11 Å². The smallest absolute Gasteiger partial charge is 0.254 e. The zero-order valence-electron chi connectivity index (χ0n) is 3.95. The van der Waals surface area contributed by atoms with Gasteiger partial charge in [-0.05, 0) is 6.04 Å². The first kappa shape index (κ1) is 5.89. The average molecular weight is 104 g/mol. The van der Waals surface area contributed by atoms with Gasteiger partial charge in [0.05, 0.1) is 0 Å². The molecule has 0 amide bonds. The van der Waals surface area contributed by atoms with Crippen LogP contribution < -0.4 is 0 Å². The fourth-order valence-corrected chi connectivity index (χ4v) is 0.500. The molecule has 0 spiro atoms. The van der Waals surface area contributed by atoms with Crippen LogP contribution >= 0.6 is 0 Å². The normalized spacial score (nSPS) is 13.7. The van der Waals surface area contributed by atoms with Crippen molar-refractivity contribution < 1.29 is 4.11 Å². The van der Waals surface area contributed by atoms with Gasteiger partial charge in [0.25, 0.3) is 9.13 Å². The maximum atomic E-state index is 11.9. The highest BCUT2D eigenvalue weighted by Crippen LogP contribution is 1.89. The van der Waals surface area contributed by atoms with Crippen LogP contribution in [0.3, 0.4) is 0 Å². The monoisotopic (exact) mass is 104 g/mol. The Morgan fingerprint density at radius 3 is 2.50 bits per heavy atom. The Balaban J connectivity index is 2.96. The van der Waals surface area contributed by atoms with Crippen LogP contribution in [0.15, 0.2) is 12.3 Å². The van der Waals surface area contributed by atoms with Crippen LogP contribution in [0.5, 0.6) is 0 Å². The van der Waals surface area contributed by atoms with Gasteiger partial charge in [0.1, 0.15) is 0 Å². The summed E-state index contributed by atoms with van der Waals surface area (Å²) in [5.41, 5.74) is 1.44. The Morgan fingerprint density at radius 2 is 2.50 bits per heavy atom. The van der Waals surface area contributed by atoms with E-state index in [1.165, 1.54) is 5.70 Å². The quantitative estimate of drug-likeness (QED) is 0.367. The average Bonchev–Trinajstić information content (AvgIpc) is 1.65. The third-order valence-electron chi connectivity index (χ3n) is 0.646. The Hall–Kier alpha value is -0.113. The minimum absolute atomic E-state index is 0.684. The standard InChI is InChI=1S/C4H9FSi/c1-3-6(5)4-2/h3,6H,1,4H2,2H3. The molecule has 0 aliphatic carbocycles. The van der Waals surface area contributed by atoms with E-state index in [-0.39, 0.29) is 0 Å². The van der Waals surface area contributed by atoms with Gasteiger partial charge in [0.15, 0.2) is 0 Å². The first-order valence-electron chi connectivity index (χ1n) is 2.08. The lowest BCUT2D eigenvalue weighted by atomic mass is 11.0. The second kappa shape index (κ2) is 3.09. The summed E-state index contributed by atoms with van der Waals surface area (Å²) in [6, 6.07) is 0.684. The fraction of sp³-hybridized carbons (Fsp3) is 0.500. The second-order valence-corrected chi connectivity index (χ2v) is 3.48. The van der Waals surface area contributed by atoms with E-state index in [0.717, 1.165) is 0 Å². The molecular weight excluding hydrogens is 95.1 g/mol. The minimum Gasteiger partial charge on any atom is -0.313 e. The van der Waals surface area contributed by atoms with Gasteiger partial charge in [0.2, 0.25) is 0 Å². The predicted octanol–water partition coefficient (Wildman–Crippen LogP) is 1.42. The van der Waals surface area contributed by atoms with Gasteiger partial charge in [-0.1, -0.05) is 12.6 Å². The molecular formula is C4H9FSi. The highest BCUT2D eigenvalue weighted by atomic mass is 28.3. The van der Waals surface area contributed by atoms with E-state index in [4.69, 9.17) is 0 Å². The van der Waals surface area contributed by atoms with Crippen molar-refractivity contribution in [2.75, 3.05) is 0 Å². The molecule has 0 nitrogen and oxygen atoms in total. The molecule has 0 saturated carbocycles. The SMILES string of the molecule is C=C[SiH](F)CC. The molecule has 0 N–H and O–H groups in total. The van der Waals surface area contributed by atoms with Gasteiger partial charge in [-0.25, -0.2) is 0 Å². The van der Waals surface area contributed by atoms with Crippen LogP contribution in [-0.2, 0) is 0 Å². The summed E-state index contributed by atoms with van der Waals surface area (Å²) in [4.78, 5) is 0. The fourth-order valence-electron chi connectivity index (χ4n) is 0.167. The maximum absolute atomic E-state index is 11.9. The van der Waals surface area contributed by atoms with Gasteiger partial charge in [-0.3, -0.25) is 0 Å². The summed E-state index contributed by atoms with van der Waals surface area (Å²) in [6.45, 7) is 5.16. The summed E-state index contributed by atoms with van der Waals surface area (Å²) in [6.07, 6.45) is 0. The lowest BCUT2D eigenvalue weighted by Gasteiger charge is -1.85. The molecule has 0 radical (unpaired) electrons. The molecule has 0 heterocycles. The Morgan fingerprint density at radius 1 is 2.00 bits per heavy atom. The van der Waals surface area contributed by atoms with Crippen molar-refractivity contribution in [2.45, 2.75) is 13.0 Å². The van der Waals surface area contributed by atoms with Gasteiger partial charge < -0.3 is 4.11 Å². The zero-order valence-corrected chi connectivity index (χ0v) is 5.10. The largest absolute Gasteiger partial charge is 0.313 e. The van der Waals surface area contributed by atoms with Crippen LogP contribution in [0.2, 0.25) is 6.04 Å². The van der Waals surface area contributed by atoms with Crippen LogP contribution in [0, 0.1) is 0 Å². The van der Waals surface area contributed by atoms with E-state index in [9.17, 15) is 4.11 Å². The Bertz CT molecular complexity index is 44.8. The van der Waals surface area contributed by atoms with E-state index in [0.29, 0.717) is 6.04 Å². The van der Waals surface area contributed by atoms with Gasteiger partial charge in [-0.15, -0.1) is 6.58 Å². The van der Waals surface area contributed by atoms with E-state index in [1.54, 1.807) is 0 Å². The Labute approximate surface area is 39.5 Å². The Kier molecular flexibility index (Phi) is 3.03. The van der Waals surface area contributed by atoms with Gasteiger partial charge in [0, 0.05) is 0 Å². The molecule has 36 valence electrons. The van der Waals surface area contributed by atoms with Crippen molar-refractivity contribution >= 4 is 9.13 Å². The molecule has 0 aliphatic rings. The van der Waals surface area contributed by atoms with Crippen molar-refractivity contribution in [3.05, 3.63) is 12.3 Å². The topological polar surface area (TPSA) is 0 Å². The summed E-state index contributed by atoms with van der Waals surface area (Å²) in [5, 5.41) is 0. The first-order chi connectivity index (χ1) is 2.81. The van der Waals surface area contributed by atoms with Crippen LogP contribution in [0.1, 0.15) is 6.92 Å². The zero-order chi connectivity index (χ0) is 4.99. The molecule has 0 aromatic carbocycles. The van der Waals surface area contributed by atoms with Crippen molar-refractivity contribution in [2.24, 2.45) is 0 Å². The summed E-state index contributed by atoms with van der Waals surface area (Å²) in [5.74, 6) is 0. The van der Waals surface area contributed by atoms with Gasteiger partial charge in [-0.2, -0.15) is 0 Å². The summed E-state index contributed by atoms with van der Waals surface area (Å²) < 4.78 is 11.9. The number of hydrogen-bond acceptors (Lipinski definition) is 0. The summed E-state index contributed by atoms with van der Waals surface area (Å²) >= 11 is 0. The number of hydrogen-bond donors (Lipinski definition) is 0. The molecule has 0 rings (SSSR count). The van der Waals surface area contributed by atoms with Crippen molar-refractivity contribution in [3.8, 4) is 0 Å². The molecule has 0 fully saturated rings. The minimum atomic E-state index is -1.90. The second-order valence-electron chi connectivity index (χ2n) is 1.16. The predicted molar refractivity (Wildman–Crippen MR) is 28.9 cm³/mol. The molecule has 0 aliphatic heterocycles. The van der Waals surface area contributed by atoms with Crippen molar-refractivity contribution in [1.29, 1.82) is 0 Å².